The summed E-state index contributed by atoms with van der Waals surface area (Å²) >= 11 is 0. The van der Waals surface area contributed by atoms with Crippen LogP contribution in [-0.4, -0.2) is 64.1 Å². The van der Waals surface area contributed by atoms with E-state index in [0.717, 1.165) is 0 Å². The Hall–Kier alpha value is -1.53. The topological polar surface area (TPSA) is 80.3 Å². The van der Waals surface area contributed by atoms with Crippen molar-refractivity contribution >= 4 is 11.9 Å². The Kier molecular flexibility index (Phi) is 21.9. The van der Waals surface area contributed by atoms with E-state index < -0.39 is 31.5 Å². The Bertz CT molecular complexity index is 404. The van der Waals surface area contributed by atoms with Crippen LogP contribution in [0.1, 0.15) is 47.5 Å². The Labute approximate surface area is 167 Å². The van der Waals surface area contributed by atoms with Gasteiger partial charge in [-0.3, -0.25) is 9.53 Å². The molecule has 12 heteroatoms. The van der Waals surface area contributed by atoms with Gasteiger partial charge in [-0.15, -0.1) is 0 Å². The minimum absolute atomic E-state index is 0.119. The molecule has 0 saturated carbocycles. The first kappa shape index (κ1) is 32.1. The number of hydrogen-bond donors (Lipinski definition) is 0. The van der Waals surface area contributed by atoms with E-state index in [1.165, 1.54) is 6.92 Å². The van der Waals surface area contributed by atoms with E-state index in [9.17, 15) is 31.5 Å². The third-order valence-corrected chi connectivity index (χ3v) is 2.37. The quantitative estimate of drug-likeness (QED) is 0.206. The van der Waals surface area contributed by atoms with Gasteiger partial charge in [0, 0.05) is 19.6 Å². The molecule has 0 aliphatic heterocycles. The summed E-state index contributed by atoms with van der Waals surface area (Å²) in [6.45, 7) is 8.38. The predicted octanol–water partition coefficient (Wildman–Crippen LogP) is 4.09. The first-order valence-corrected chi connectivity index (χ1v) is 8.98. The Morgan fingerprint density at radius 2 is 1.28 bits per heavy atom. The number of halogens is 5. The van der Waals surface area contributed by atoms with Gasteiger partial charge in [0.25, 0.3) is 0 Å². The summed E-state index contributed by atoms with van der Waals surface area (Å²) in [7, 11) is 0. The fourth-order valence-corrected chi connectivity index (χ4v) is 1.07. The van der Waals surface area contributed by atoms with Crippen LogP contribution >= 0.6 is 0 Å². The molecule has 0 aromatic carbocycles. The molecule has 0 amide bonds. The zero-order valence-electron chi connectivity index (χ0n) is 17.4. The normalized spacial score (nSPS) is 10.8. The molecule has 0 radical (unpaired) electrons. The lowest BCUT2D eigenvalue weighted by atomic mass is 10.4. The Balaban J connectivity index is -0.000000370. The predicted molar refractivity (Wildman–Crippen MR) is 93.2 cm³/mol. The van der Waals surface area contributed by atoms with Gasteiger partial charge >= 0.3 is 24.2 Å². The van der Waals surface area contributed by atoms with Gasteiger partial charge in [-0.05, 0) is 27.7 Å². The second kappa shape index (κ2) is 19.8. The standard InChI is InChI=1S/C7H12F2O4.C5H9F3O.C5H10O2/c1-3-11-5-13-7(8,9)6(10)12-4-2;1-2-9-4-3-5(6,7)8;1-3-5(6)7-4-2/h3-5H2,1-2H3;2-4H2,1H3;3-4H2,1-2H3. The molecule has 0 heterocycles. The minimum Gasteiger partial charge on any atom is -0.466 e. The first-order chi connectivity index (χ1) is 13.4. The SMILES string of the molecule is CCOC(=O)CC.CCOCCC(F)(F)F.CCOCOC(F)(F)C(=O)OCC. The van der Waals surface area contributed by atoms with Gasteiger partial charge in [0.2, 0.25) is 0 Å². The number of alkyl halides is 5. The summed E-state index contributed by atoms with van der Waals surface area (Å²) in [5, 5.41) is 0. The second-order valence-corrected chi connectivity index (χ2v) is 4.71. The summed E-state index contributed by atoms with van der Waals surface area (Å²) in [6.07, 6.45) is -8.37. The van der Waals surface area contributed by atoms with Crippen LogP contribution in [0.2, 0.25) is 0 Å². The molecule has 176 valence electrons. The molecule has 0 aromatic rings. The van der Waals surface area contributed by atoms with Crippen LogP contribution in [0.3, 0.4) is 0 Å². The van der Waals surface area contributed by atoms with Crippen molar-refractivity contribution in [3.63, 3.8) is 0 Å². The van der Waals surface area contributed by atoms with E-state index in [2.05, 4.69) is 23.7 Å². The zero-order valence-corrected chi connectivity index (χ0v) is 17.4. The molecule has 7 nitrogen and oxygen atoms in total. The van der Waals surface area contributed by atoms with E-state index in [1.807, 2.05) is 0 Å². The lowest BCUT2D eigenvalue weighted by Crippen LogP contribution is -2.34. The van der Waals surface area contributed by atoms with Crippen LogP contribution in [0, 0.1) is 0 Å². The number of carbonyl (C=O) groups is 2. The molecule has 0 spiro atoms. The van der Waals surface area contributed by atoms with Crippen molar-refractivity contribution in [1.29, 1.82) is 0 Å². The van der Waals surface area contributed by atoms with Gasteiger partial charge < -0.3 is 18.9 Å². The van der Waals surface area contributed by atoms with E-state index >= 15 is 0 Å². The van der Waals surface area contributed by atoms with Crippen LogP contribution < -0.4 is 0 Å². The number of esters is 2. The molecule has 29 heavy (non-hydrogen) atoms. The highest BCUT2D eigenvalue weighted by atomic mass is 19.4. The molecule has 0 saturated heterocycles. The molecule has 0 N–H and O–H groups in total. The molecule has 0 atom stereocenters. The molecule has 0 fully saturated rings. The van der Waals surface area contributed by atoms with Crippen molar-refractivity contribution in [2.45, 2.75) is 59.7 Å². The summed E-state index contributed by atoms with van der Waals surface area (Å²) < 4.78 is 80.4. The van der Waals surface area contributed by atoms with Crippen molar-refractivity contribution in [3.8, 4) is 0 Å². The summed E-state index contributed by atoms with van der Waals surface area (Å²) in [6, 6.07) is 0. The first-order valence-electron chi connectivity index (χ1n) is 8.98. The summed E-state index contributed by atoms with van der Waals surface area (Å²) in [5.74, 6) is -1.82. The van der Waals surface area contributed by atoms with Crippen molar-refractivity contribution in [2.24, 2.45) is 0 Å². The third-order valence-electron chi connectivity index (χ3n) is 2.37. The summed E-state index contributed by atoms with van der Waals surface area (Å²) in [4.78, 5) is 20.7. The largest absolute Gasteiger partial charge is 0.466 e. The van der Waals surface area contributed by atoms with Crippen LogP contribution in [0.5, 0.6) is 0 Å². The molecule has 0 aromatic heterocycles. The highest BCUT2D eigenvalue weighted by molar-refractivity contribution is 5.75. The lowest BCUT2D eigenvalue weighted by Gasteiger charge is -2.14. The van der Waals surface area contributed by atoms with Gasteiger partial charge in [-0.25, -0.2) is 4.79 Å². The van der Waals surface area contributed by atoms with Crippen molar-refractivity contribution in [3.05, 3.63) is 0 Å². The van der Waals surface area contributed by atoms with Crippen LogP contribution in [0.4, 0.5) is 22.0 Å². The molecular formula is C17H31F5O7. The Morgan fingerprint density at radius 3 is 1.62 bits per heavy atom. The lowest BCUT2D eigenvalue weighted by molar-refractivity contribution is -0.275. The molecule has 0 aliphatic rings. The van der Waals surface area contributed by atoms with Crippen LogP contribution in [-0.2, 0) is 33.3 Å². The fourth-order valence-electron chi connectivity index (χ4n) is 1.07. The van der Waals surface area contributed by atoms with E-state index in [-0.39, 0.29) is 25.8 Å². The van der Waals surface area contributed by atoms with Gasteiger partial charge in [0.15, 0.2) is 6.79 Å². The molecule has 0 bridgehead atoms. The van der Waals surface area contributed by atoms with E-state index in [1.54, 1.807) is 27.7 Å². The molecule has 0 aliphatic carbocycles. The van der Waals surface area contributed by atoms with Crippen molar-refractivity contribution in [1.82, 2.24) is 0 Å². The number of carbonyl (C=O) groups excluding carboxylic acids is 2. The third kappa shape index (κ3) is 26.5. The maximum absolute atomic E-state index is 12.6. The molecule has 0 unspecified atom stereocenters. The number of hydrogen-bond acceptors (Lipinski definition) is 7. The van der Waals surface area contributed by atoms with Crippen molar-refractivity contribution in [2.75, 3.05) is 39.8 Å². The zero-order chi connectivity index (χ0) is 23.3. The van der Waals surface area contributed by atoms with Gasteiger partial charge in [0.1, 0.15) is 0 Å². The van der Waals surface area contributed by atoms with E-state index in [4.69, 9.17) is 0 Å². The second-order valence-electron chi connectivity index (χ2n) is 4.71. The van der Waals surface area contributed by atoms with Crippen LogP contribution in [0.25, 0.3) is 0 Å². The average molecular weight is 442 g/mol. The highest BCUT2D eigenvalue weighted by Gasteiger charge is 2.42. The highest BCUT2D eigenvalue weighted by Crippen LogP contribution is 2.18. The van der Waals surface area contributed by atoms with Gasteiger partial charge in [-0.1, -0.05) is 6.92 Å². The smallest absolute Gasteiger partial charge is 0.458 e. The molecular weight excluding hydrogens is 411 g/mol. The molecule has 0 rings (SSSR count). The maximum atomic E-state index is 12.6. The average Bonchev–Trinajstić information content (AvgIpc) is 2.62. The monoisotopic (exact) mass is 442 g/mol. The Morgan fingerprint density at radius 1 is 0.759 bits per heavy atom. The minimum atomic E-state index is -4.07. The summed E-state index contributed by atoms with van der Waals surface area (Å²) in [5.41, 5.74) is 0. The number of rotatable bonds is 11. The van der Waals surface area contributed by atoms with E-state index in [0.29, 0.717) is 19.6 Å². The van der Waals surface area contributed by atoms with Crippen LogP contribution in [0.15, 0.2) is 0 Å². The number of ether oxygens (including phenoxy) is 5. The van der Waals surface area contributed by atoms with Crippen molar-refractivity contribution < 1.29 is 55.2 Å². The fraction of sp³-hybridized carbons (Fsp3) is 0.882. The van der Waals surface area contributed by atoms with Gasteiger partial charge in [0.05, 0.1) is 26.2 Å². The van der Waals surface area contributed by atoms with Gasteiger partial charge in [-0.2, -0.15) is 22.0 Å². The maximum Gasteiger partial charge on any atom is 0.458 e.